The van der Waals surface area contributed by atoms with Crippen LogP contribution in [0, 0.1) is 12.7 Å². The summed E-state index contributed by atoms with van der Waals surface area (Å²) in [4.78, 5) is 0.218. The number of aryl methyl sites for hydroxylation is 1. The van der Waals surface area contributed by atoms with Gasteiger partial charge in [0, 0.05) is 21.6 Å². The van der Waals surface area contributed by atoms with Crippen molar-refractivity contribution in [3.63, 3.8) is 0 Å². The lowest BCUT2D eigenvalue weighted by Gasteiger charge is -2.08. The quantitative estimate of drug-likeness (QED) is 0.403. The lowest BCUT2D eigenvalue weighted by atomic mass is 10.1. The highest BCUT2D eigenvalue weighted by Crippen LogP contribution is 2.37. The molecule has 136 valence electrons. The lowest BCUT2D eigenvalue weighted by Crippen LogP contribution is -2.11. The van der Waals surface area contributed by atoms with E-state index in [4.69, 9.17) is 0 Å². The van der Waals surface area contributed by atoms with Crippen LogP contribution in [0.3, 0.4) is 0 Å². The second-order valence-corrected chi connectivity index (χ2v) is 8.97. The van der Waals surface area contributed by atoms with Crippen LogP contribution in [-0.4, -0.2) is 12.4 Å². The van der Waals surface area contributed by atoms with Crippen LogP contribution in [0.2, 0.25) is 0 Å². The molecule has 0 saturated heterocycles. The molecule has 1 heterocycles. The van der Waals surface area contributed by atoms with Crippen molar-refractivity contribution in [2.24, 2.45) is 0 Å². The molecule has 0 unspecified atom stereocenters. The molecule has 27 heavy (non-hydrogen) atoms. The van der Waals surface area contributed by atoms with Crippen molar-refractivity contribution >= 4 is 36.9 Å². The van der Waals surface area contributed by atoms with Gasteiger partial charge >= 0.3 is 0 Å². The molecule has 0 bridgehead atoms. The first-order chi connectivity index (χ1) is 12.9. The molecule has 0 fully saturated rings. The zero-order valence-corrected chi connectivity index (χ0v) is 16.8. The topological polar surface area (TPSA) is 39.1 Å². The van der Waals surface area contributed by atoms with Crippen LogP contribution >= 0.6 is 15.9 Å². The average Bonchev–Trinajstić information content (AvgIpc) is 3.04. The van der Waals surface area contributed by atoms with Crippen LogP contribution in [0.5, 0.6) is 0 Å². The van der Waals surface area contributed by atoms with Crippen molar-refractivity contribution in [3.8, 4) is 11.1 Å². The zero-order chi connectivity index (χ0) is 19.2. The number of rotatable bonds is 3. The number of hydrogen-bond donors (Lipinski definition) is 0. The van der Waals surface area contributed by atoms with Crippen molar-refractivity contribution in [2.45, 2.75) is 11.8 Å². The van der Waals surface area contributed by atoms with Gasteiger partial charge in [0.1, 0.15) is 5.82 Å². The summed E-state index contributed by atoms with van der Waals surface area (Å²) < 4.78 is 41.9. The maximum Gasteiger partial charge on any atom is 0.268 e. The maximum atomic E-state index is 13.3. The minimum Gasteiger partial charge on any atom is -0.240 e. The zero-order valence-electron chi connectivity index (χ0n) is 14.4. The van der Waals surface area contributed by atoms with E-state index in [1.165, 1.54) is 16.1 Å². The van der Waals surface area contributed by atoms with Crippen molar-refractivity contribution < 1.29 is 12.8 Å². The number of halogens is 2. The predicted octanol–water partition coefficient (Wildman–Crippen LogP) is 5.76. The summed E-state index contributed by atoms with van der Waals surface area (Å²) in [5.41, 5.74) is 3.00. The fourth-order valence-corrected chi connectivity index (χ4v) is 5.02. The van der Waals surface area contributed by atoms with E-state index < -0.39 is 10.0 Å². The highest BCUT2D eigenvalue weighted by Gasteiger charge is 2.22. The molecule has 0 aliphatic heterocycles. The summed E-state index contributed by atoms with van der Waals surface area (Å²) in [7, 11) is -3.77. The molecule has 0 aliphatic rings. The number of benzene rings is 3. The van der Waals surface area contributed by atoms with E-state index in [0.29, 0.717) is 11.1 Å². The highest BCUT2D eigenvalue weighted by molar-refractivity contribution is 9.10. The Hall–Kier alpha value is -2.44. The molecule has 0 saturated carbocycles. The Kier molecular flexibility index (Phi) is 4.40. The largest absolute Gasteiger partial charge is 0.268 e. The van der Waals surface area contributed by atoms with E-state index in [9.17, 15) is 12.8 Å². The molecule has 0 atom stereocenters. The number of hydrogen-bond acceptors (Lipinski definition) is 2. The van der Waals surface area contributed by atoms with Gasteiger partial charge in [-0.3, -0.25) is 0 Å². The van der Waals surface area contributed by atoms with Gasteiger partial charge in [0.15, 0.2) is 0 Å². The van der Waals surface area contributed by atoms with Gasteiger partial charge < -0.3 is 0 Å². The summed E-state index contributed by atoms with van der Waals surface area (Å²) >= 11 is 3.52. The van der Waals surface area contributed by atoms with Crippen LogP contribution in [0.4, 0.5) is 4.39 Å². The first-order valence-corrected chi connectivity index (χ1v) is 10.5. The van der Waals surface area contributed by atoms with Crippen LogP contribution in [0.25, 0.3) is 22.0 Å². The fraction of sp³-hybridized carbons (Fsp3) is 0.0476. The van der Waals surface area contributed by atoms with Crippen molar-refractivity contribution in [1.82, 2.24) is 3.97 Å². The van der Waals surface area contributed by atoms with Crippen LogP contribution in [0.1, 0.15) is 5.56 Å². The first-order valence-electron chi connectivity index (χ1n) is 8.26. The van der Waals surface area contributed by atoms with E-state index in [2.05, 4.69) is 15.9 Å². The maximum absolute atomic E-state index is 13.3. The summed E-state index contributed by atoms with van der Waals surface area (Å²) in [5.74, 6) is -0.339. The molecular formula is C21H15BrFNO2S. The normalized spacial score (nSPS) is 11.8. The SMILES string of the molecule is Cc1ccc(S(=O)(=O)n2cc(-c3ccc(F)cc3)c3c(Br)cccc32)cc1. The van der Waals surface area contributed by atoms with E-state index in [0.717, 1.165) is 21.0 Å². The predicted molar refractivity (Wildman–Crippen MR) is 109 cm³/mol. The number of fused-ring (bicyclic) bond motifs is 1. The molecular weight excluding hydrogens is 429 g/mol. The monoisotopic (exact) mass is 443 g/mol. The Morgan fingerprint density at radius 3 is 2.26 bits per heavy atom. The average molecular weight is 444 g/mol. The van der Waals surface area contributed by atoms with E-state index in [-0.39, 0.29) is 10.7 Å². The second-order valence-electron chi connectivity index (χ2n) is 6.30. The fourth-order valence-electron chi connectivity index (χ4n) is 3.09. The Labute approximate surface area is 165 Å². The molecule has 6 heteroatoms. The van der Waals surface area contributed by atoms with E-state index in [1.54, 1.807) is 54.7 Å². The molecule has 3 aromatic carbocycles. The van der Waals surface area contributed by atoms with Gasteiger partial charge in [-0.1, -0.05) is 51.8 Å². The Morgan fingerprint density at radius 1 is 0.926 bits per heavy atom. The molecule has 4 rings (SSSR count). The molecule has 1 aromatic heterocycles. The molecule has 0 aliphatic carbocycles. The van der Waals surface area contributed by atoms with Gasteiger partial charge in [-0.2, -0.15) is 0 Å². The minimum atomic E-state index is -3.77. The molecule has 3 nitrogen and oxygen atoms in total. The van der Waals surface area contributed by atoms with Gasteiger partial charge in [-0.25, -0.2) is 16.8 Å². The Bertz CT molecular complexity index is 1240. The molecule has 0 spiro atoms. The third-order valence-corrected chi connectivity index (χ3v) is 6.83. The van der Waals surface area contributed by atoms with Crippen molar-refractivity contribution in [2.75, 3.05) is 0 Å². The second kappa shape index (κ2) is 6.62. The van der Waals surface area contributed by atoms with Gasteiger partial charge in [0.05, 0.1) is 10.4 Å². The van der Waals surface area contributed by atoms with Gasteiger partial charge in [-0.15, -0.1) is 0 Å². The van der Waals surface area contributed by atoms with Crippen LogP contribution < -0.4 is 0 Å². The summed E-state index contributed by atoms with van der Waals surface area (Å²) in [6.07, 6.45) is 1.60. The number of nitrogens with zero attached hydrogens (tertiary/aromatic N) is 1. The smallest absolute Gasteiger partial charge is 0.240 e. The summed E-state index contributed by atoms with van der Waals surface area (Å²) in [6.45, 7) is 1.91. The number of aromatic nitrogens is 1. The van der Waals surface area contributed by atoms with Crippen molar-refractivity contribution in [3.05, 3.63) is 88.8 Å². The third-order valence-electron chi connectivity index (χ3n) is 4.48. The molecule has 0 amide bonds. The third kappa shape index (κ3) is 3.09. The van der Waals surface area contributed by atoms with Crippen molar-refractivity contribution in [1.29, 1.82) is 0 Å². The highest BCUT2D eigenvalue weighted by atomic mass is 79.9. The summed E-state index contributed by atoms with van der Waals surface area (Å²) in [5, 5.41) is 0.764. The molecule has 0 N–H and O–H groups in total. The van der Waals surface area contributed by atoms with Crippen LogP contribution in [0.15, 0.2) is 82.3 Å². The molecule has 4 aromatic rings. The standard InChI is InChI=1S/C21H15BrFNO2S/c1-14-5-11-17(12-6-14)27(25,26)24-13-18(15-7-9-16(23)10-8-15)21-19(22)3-2-4-20(21)24/h2-13H,1H3. The minimum absolute atomic E-state index is 0.218. The van der Waals surface area contributed by atoms with E-state index >= 15 is 0 Å². The van der Waals surface area contributed by atoms with Gasteiger partial charge in [0.25, 0.3) is 10.0 Å². The first kappa shape index (κ1) is 17.9. The Morgan fingerprint density at radius 2 is 1.59 bits per heavy atom. The Balaban J connectivity index is 2.01. The van der Waals surface area contributed by atoms with Gasteiger partial charge in [0.2, 0.25) is 0 Å². The molecule has 0 radical (unpaired) electrons. The summed E-state index contributed by atoms with van der Waals surface area (Å²) in [6, 6.07) is 18.2. The van der Waals surface area contributed by atoms with Gasteiger partial charge in [-0.05, 0) is 48.9 Å². The van der Waals surface area contributed by atoms with Crippen LogP contribution in [-0.2, 0) is 10.0 Å². The van der Waals surface area contributed by atoms with E-state index in [1.807, 2.05) is 13.0 Å². The lowest BCUT2D eigenvalue weighted by molar-refractivity contribution is 0.589.